The molecule has 0 amide bonds. The van der Waals surface area contributed by atoms with E-state index in [4.69, 9.17) is 9.82 Å². The Kier molecular flexibility index (Phi) is 7.71. The molecule has 0 radical (unpaired) electrons. The highest BCUT2D eigenvalue weighted by Crippen LogP contribution is 2.35. The molecule has 0 aliphatic carbocycles. The van der Waals surface area contributed by atoms with Gasteiger partial charge >= 0.3 is 0 Å². The Labute approximate surface area is 229 Å². The van der Waals surface area contributed by atoms with Crippen LogP contribution in [0.2, 0.25) is 0 Å². The van der Waals surface area contributed by atoms with E-state index in [1.54, 1.807) is 40.7 Å². The van der Waals surface area contributed by atoms with Gasteiger partial charge in [-0.05, 0) is 55.9 Å². The number of fused-ring (bicyclic) bond motifs is 1. The first-order valence-corrected chi connectivity index (χ1v) is 14.7. The van der Waals surface area contributed by atoms with Crippen molar-refractivity contribution >= 4 is 44.5 Å². The molecular formula is C27H34N8O3S. The number of anilines is 6. The summed E-state index contributed by atoms with van der Waals surface area (Å²) in [6, 6.07) is 13.4. The van der Waals surface area contributed by atoms with E-state index in [9.17, 15) is 8.42 Å². The van der Waals surface area contributed by atoms with Gasteiger partial charge in [-0.1, -0.05) is 17.3 Å². The molecule has 2 aromatic carbocycles. The molecule has 0 saturated carbocycles. The number of rotatable bonds is 8. The highest BCUT2D eigenvalue weighted by molar-refractivity contribution is 7.92. The summed E-state index contributed by atoms with van der Waals surface area (Å²) in [5.41, 5.74) is 5.22. The van der Waals surface area contributed by atoms with Gasteiger partial charge in [0.2, 0.25) is 16.0 Å². The van der Waals surface area contributed by atoms with Crippen molar-refractivity contribution in [1.82, 2.24) is 20.0 Å². The van der Waals surface area contributed by atoms with Crippen molar-refractivity contribution in [3.05, 3.63) is 72.4 Å². The number of hydrogen-bond acceptors (Lipinski definition) is 10. The maximum absolute atomic E-state index is 11.8. The predicted octanol–water partition coefficient (Wildman–Crippen LogP) is 3.64. The molecule has 39 heavy (non-hydrogen) atoms. The molecule has 0 atom stereocenters. The third-order valence-electron chi connectivity index (χ3n) is 6.61. The lowest BCUT2D eigenvalue weighted by molar-refractivity contribution is -0.171. The van der Waals surface area contributed by atoms with Crippen LogP contribution in [-0.2, 0) is 21.5 Å². The first-order chi connectivity index (χ1) is 18.7. The van der Waals surface area contributed by atoms with Crippen LogP contribution >= 0.6 is 0 Å². The van der Waals surface area contributed by atoms with Gasteiger partial charge in [0.25, 0.3) is 0 Å². The van der Waals surface area contributed by atoms with E-state index in [0.29, 0.717) is 36.3 Å². The molecule has 2 aliphatic heterocycles. The van der Waals surface area contributed by atoms with Crippen LogP contribution in [-0.4, -0.2) is 74.5 Å². The van der Waals surface area contributed by atoms with Gasteiger partial charge in [0.15, 0.2) is 5.82 Å². The summed E-state index contributed by atoms with van der Waals surface area (Å²) >= 11 is 0. The van der Waals surface area contributed by atoms with E-state index in [2.05, 4.69) is 63.6 Å². The molecule has 206 valence electrons. The van der Waals surface area contributed by atoms with Gasteiger partial charge in [0.1, 0.15) is 6.61 Å². The van der Waals surface area contributed by atoms with Gasteiger partial charge in [-0.25, -0.2) is 18.4 Å². The quantitative estimate of drug-likeness (QED) is 0.404. The Hall–Kier alpha value is -3.71. The average Bonchev–Trinajstić information content (AvgIpc) is 2.89. The number of likely N-dealkylation sites (N-methyl/N-ethyl adjacent to an activating group) is 1. The summed E-state index contributed by atoms with van der Waals surface area (Å²) in [5.74, 6) is 1.07. The molecule has 5 rings (SSSR count). The van der Waals surface area contributed by atoms with Crippen LogP contribution < -0.4 is 19.9 Å². The molecule has 3 aromatic rings. The largest absolute Gasteiger partial charge is 0.369 e. The fourth-order valence-corrected chi connectivity index (χ4v) is 5.28. The number of aromatic nitrogens is 2. The van der Waals surface area contributed by atoms with Crippen molar-refractivity contribution in [3.8, 4) is 0 Å². The number of sulfonamides is 1. The van der Waals surface area contributed by atoms with E-state index in [0.717, 1.165) is 43.7 Å². The SMILES string of the molecule is C=CCN1OCc2cnc(Nc3ccc(N4CCN(C)CC4)c(C)c3)nc2N1c1cccc(NS(C)(=O)=O)c1. The predicted molar refractivity (Wildman–Crippen MR) is 155 cm³/mol. The molecule has 0 unspecified atom stereocenters. The zero-order chi connectivity index (χ0) is 27.6. The van der Waals surface area contributed by atoms with Gasteiger partial charge in [-0.15, -0.1) is 6.58 Å². The van der Waals surface area contributed by atoms with Gasteiger partial charge in [-0.2, -0.15) is 4.98 Å². The third-order valence-corrected chi connectivity index (χ3v) is 7.22. The molecule has 0 bridgehead atoms. The minimum Gasteiger partial charge on any atom is -0.369 e. The van der Waals surface area contributed by atoms with Crippen LogP contribution in [0.5, 0.6) is 0 Å². The number of hydroxylamine groups is 1. The first kappa shape index (κ1) is 26.9. The Balaban J connectivity index is 1.43. The number of nitrogens with one attached hydrogen (secondary N) is 2. The standard InChI is InChI=1S/C27H34N8O3S/c1-5-11-34-35(24-8-6-7-23(17-24)31-39(4,36)37)26-21(19-38-34)18-28-27(30-26)29-22-9-10-25(20(2)16-22)33-14-12-32(3)13-15-33/h5-10,16-18,31H,1,11-15,19H2,2-4H3,(H,28,29,30). The number of hydrogen-bond donors (Lipinski definition) is 2. The lowest BCUT2D eigenvalue weighted by Crippen LogP contribution is -2.44. The number of piperazine rings is 1. The van der Waals surface area contributed by atoms with Crippen molar-refractivity contribution in [1.29, 1.82) is 0 Å². The summed E-state index contributed by atoms with van der Waals surface area (Å²) < 4.78 is 26.2. The number of aryl methyl sites for hydroxylation is 1. The highest BCUT2D eigenvalue weighted by Gasteiger charge is 2.29. The zero-order valence-electron chi connectivity index (χ0n) is 22.5. The van der Waals surface area contributed by atoms with Gasteiger partial charge < -0.3 is 15.1 Å². The fourth-order valence-electron chi connectivity index (χ4n) is 4.73. The Morgan fingerprint density at radius 2 is 1.90 bits per heavy atom. The summed E-state index contributed by atoms with van der Waals surface area (Å²) in [4.78, 5) is 20.1. The Morgan fingerprint density at radius 3 is 2.62 bits per heavy atom. The van der Waals surface area contributed by atoms with E-state index < -0.39 is 10.0 Å². The second-order valence-electron chi connectivity index (χ2n) is 9.79. The van der Waals surface area contributed by atoms with Gasteiger partial charge in [0, 0.05) is 49.3 Å². The monoisotopic (exact) mass is 550 g/mol. The van der Waals surface area contributed by atoms with E-state index >= 15 is 0 Å². The zero-order valence-corrected chi connectivity index (χ0v) is 23.3. The van der Waals surface area contributed by atoms with Crippen LogP contribution in [0.1, 0.15) is 11.1 Å². The van der Waals surface area contributed by atoms with Crippen LogP contribution in [0.25, 0.3) is 0 Å². The van der Waals surface area contributed by atoms with Crippen LogP contribution in [0, 0.1) is 6.92 Å². The van der Waals surface area contributed by atoms with Gasteiger partial charge in [-0.3, -0.25) is 9.56 Å². The molecule has 1 aromatic heterocycles. The van der Waals surface area contributed by atoms with Crippen molar-refractivity contribution in [2.45, 2.75) is 13.5 Å². The van der Waals surface area contributed by atoms with Gasteiger partial charge in [0.05, 0.1) is 24.2 Å². The van der Waals surface area contributed by atoms with Crippen molar-refractivity contribution in [2.75, 3.05) is 66.0 Å². The number of hydrazine groups is 1. The fraction of sp³-hybridized carbons (Fsp3) is 0.333. The molecule has 12 heteroatoms. The third kappa shape index (κ3) is 6.31. The summed E-state index contributed by atoms with van der Waals surface area (Å²) in [7, 11) is -1.28. The molecular weight excluding hydrogens is 516 g/mol. The Bertz CT molecular complexity index is 1460. The smallest absolute Gasteiger partial charge is 0.229 e. The minimum absolute atomic E-state index is 0.292. The number of nitrogens with zero attached hydrogens (tertiary/aromatic N) is 6. The van der Waals surface area contributed by atoms with Crippen LogP contribution in [0.4, 0.5) is 34.5 Å². The maximum atomic E-state index is 11.8. The van der Waals surface area contributed by atoms with E-state index in [1.807, 2.05) is 6.07 Å². The molecule has 2 aliphatic rings. The second-order valence-corrected chi connectivity index (χ2v) is 11.5. The maximum Gasteiger partial charge on any atom is 0.229 e. The first-order valence-electron chi connectivity index (χ1n) is 12.8. The summed E-state index contributed by atoms with van der Waals surface area (Å²) in [5, 5.41) is 6.78. The molecule has 3 heterocycles. The normalized spacial score (nSPS) is 16.6. The second kappa shape index (κ2) is 11.2. The molecule has 11 nitrogen and oxygen atoms in total. The highest BCUT2D eigenvalue weighted by atomic mass is 32.2. The van der Waals surface area contributed by atoms with Crippen molar-refractivity contribution < 1.29 is 13.3 Å². The molecule has 0 spiro atoms. The number of benzene rings is 2. The van der Waals surface area contributed by atoms with Crippen LogP contribution in [0.15, 0.2) is 61.3 Å². The molecule has 2 N–H and O–H groups in total. The summed E-state index contributed by atoms with van der Waals surface area (Å²) in [6.07, 6.45) is 4.59. The molecule has 1 fully saturated rings. The summed E-state index contributed by atoms with van der Waals surface area (Å²) in [6.45, 7) is 10.8. The van der Waals surface area contributed by atoms with Crippen molar-refractivity contribution in [3.63, 3.8) is 0 Å². The minimum atomic E-state index is -3.44. The molecule has 1 saturated heterocycles. The lowest BCUT2D eigenvalue weighted by atomic mass is 10.1. The lowest BCUT2D eigenvalue weighted by Gasteiger charge is -2.38. The van der Waals surface area contributed by atoms with Crippen LogP contribution in [0.3, 0.4) is 0 Å². The van der Waals surface area contributed by atoms with Crippen molar-refractivity contribution in [2.24, 2.45) is 0 Å². The van der Waals surface area contributed by atoms with E-state index in [1.165, 1.54) is 11.3 Å². The average molecular weight is 551 g/mol. The Morgan fingerprint density at radius 1 is 1.10 bits per heavy atom. The van der Waals surface area contributed by atoms with E-state index in [-0.39, 0.29) is 0 Å². The topological polar surface area (TPSA) is 106 Å².